The molecule has 0 fully saturated rings. The van der Waals surface area contributed by atoms with Gasteiger partial charge in [-0.05, 0) is 0 Å². The van der Waals surface area contributed by atoms with Crippen molar-refractivity contribution in [3.8, 4) is 0 Å². The summed E-state index contributed by atoms with van der Waals surface area (Å²) in [6, 6.07) is 8.09. The van der Waals surface area contributed by atoms with E-state index in [-0.39, 0.29) is 0 Å². The Balaban J connectivity index is 2.95. The maximum atomic E-state index is 11.5. The van der Waals surface area contributed by atoms with E-state index in [1.54, 1.807) is 18.2 Å². The number of benzene rings is 1. The molecule has 0 aliphatic carbocycles. The first kappa shape index (κ1) is 10.1. The van der Waals surface area contributed by atoms with Crippen LogP contribution in [0.25, 0.3) is 0 Å². The Kier molecular flexibility index (Phi) is 3.12. The number of carbonyl (C=O) groups is 2. The summed E-state index contributed by atoms with van der Waals surface area (Å²) in [7, 11) is 0. The predicted molar refractivity (Wildman–Crippen MR) is 50.7 cm³/mol. The highest BCUT2D eigenvalue weighted by molar-refractivity contribution is 6.17. The van der Waals surface area contributed by atoms with Gasteiger partial charge in [0.15, 0.2) is 11.7 Å². The van der Waals surface area contributed by atoms with Gasteiger partial charge in [0.05, 0.1) is 0 Å². The molecule has 14 heavy (non-hydrogen) atoms. The molecule has 1 unspecified atom stereocenters. The first-order valence-corrected chi connectivity index (χ1v) is 3.99. The van der Waals surface area contributed by atoms with Gasteiger partial charge < -0.3 is 10.5 Å². The number of ketones is 1. The molecule has 0 aliphatic rings. The normalized spacial score (nSPS) is 11.7. The Morgan fingerprint density at radius 2 is 1.86 bits per heavy atom. The van der Waals surface area contributed by atoms with Crippen LogP contribution in [0.15, 0.2) is 30.3 Å². The molecule has 1 aromatic rings. The molecule has 4 heteroatoms. The van der Waals surface area contributed by atoms with Crippen molar-refractivity contribution in [2.45, 2.75) is 0 Å². The highest BCUT2D eigenvalue weighted by Gasteiger charge is 2.24. The maximum Gasteiger partial charge on any atom is 0.319 e. The van der Waals surface area contributed by atoms with Crippen molar-refractivity contribution < 1.29 is 14.7 Å². The smallest absolute Gasteiger partial charge is 0.319 e. The number of Topliss-reactive ketones (excluding diaryl/α,β-unsaturated/α-hetero) is 1. The molecule has 1 aromatic carbocycles. The summed E-state index contributed by atoms with van der Waals surface area (Å²) in [4.78, 5) is 22.1. The molecule has 0 heterocycles. The van der Waals surface area contributed by atoms with Gasteiger partial charge in [0, 0.05) is 11.8 Å². The van der Waals surface area contributed by atoms with E-state index in [2.05, 4.69) is 0 Å². The number of hydrogen-bond acceptors (Lipinski definition) is 3. The minimum Gasteiger partial charge on any atom is -0.480 e. The van der Waals surface area contributed by atoms with Gasteiger partial charge in [-0.15, -0.1) is 0 Å². The molecule has 4 nitrogen and oxygen atoms in total. The van der Waals surface area contributed by atoms with Gasteiger partial charge in [0.1, 0.15) is 0 Å². The van der Waals surface area contributed by atoms with Crippen LogP contribution in [0.2, 0.25) is 0 Å². The molecule has 0 saturated carbocycles. The van der Waals surface area contributed by atoms with E-state index in [0.717, 1.165) is 0 Å². The van der Waals surface area contributed by atoms with Crippen molar-refractivity contribution in [2.75, 3.05) is 0 Å². The Morgan fingerprint density at radius 3 is 2.29 bits per heavy atom. The number of carboxylic acids is 1. The summed E-state index contributed by atoms with van der Waals surface area (Å²) in [6.07, 6.45) is 0.637. The quantitative estimate of drug-likeness (QED) is 0.426. The predicted octanol–water partition coefficient (Wildman–Crippen LogP) is 1.22. The lowest BCUT2D eigenvalue weighted by Gasteiger charge is -2.04. The molecule has 0 saturated heterocycles. The lowest BCUT2D eigenvalue weighted by molar-refractivity contribution is -0.137. The van der Waals surface area contributed by atoms with E-state index in [0.29, 0.717) is 11.8 Å². The van der Waals surface area contributed by atoms with Gasteiger partial charge in [-0.2, -0.15) is 0 Å². The second-order valence-corrected chi connectivity index (χ2v) is 2.71. The Labute approximate surface area is 80.7 Å². The topological polar surface area (TPSA) is 78.2 Å². The third kappa shape index (κ3) is 2.04. The van der Waals surface area contributed by atoms with Gasteiger partial charge in [-0.1, -0.05) is 30.3 Å². The van der Waals surface area contributed by atoms with Crippen LogP contribution in [-0.4, -0.2) is 23.1 Å². The lowest BCUT2D eigenvalue weighted by Crippen LogP contribution is -2.24. The van der Waals surface area contributed by atoms with E-state index in [1.807, 2.05) is 0 Å². The Morgan fingerprint density at radius 1 is 1.29 bits per heavy atom. The first-order valence-electron chi connectivity index (χ1n) is 3.99. The van der Waals surface area contributed by atoms with Gasteiger partial charge in [-0.25, -0.2) is 0 Å². The molecular formula is C10H9NO3. The summed E-state index contributed by atoms with van der Waals surface area (Å²) in [6.45, 7) is 0. The zero-order chi connectivity index (χ0) is 10.6. The third-order valence-corrected chi connectivity index (χ3v) is 1.77. The largest absolute Gasteiger partial charge is 0.480 e. The number of nitrogens with one attached hydrogen (secondary N) is 1. The molecule has 0 radical (unpaired) electrons. The fourth-order valence-corrected chi connectivity index (χ4v) is 1.04. The summed E-state index contributed by atoms with van der Waals surface area (Å²) in [5.74, 6) is -3.24. The van der Waals surface area contributed by atoms with Crippen LogP contribution in [0.4, 0.5) is 0 Å². The molecule has 0 amide bonds. The molecule has 72 valence electrons. The maximum absolute atomic E-state index is 11.5. The van der Waals surface area contributed by atoms with E-state index in [1.165, 1.54) is 12.1 Å². The number of rotatable bonds is 4. The van der Waals surface area contributed by atoms with E-state index < -0.39 is 17.7 Å². The molecule has 1 rings (SSSR count). The summed E-state index contributed by atoms with van der Waals surface area (Å²) < 4.78 is 0. The van der Waals surface area contributed by atoms with Crippen molar-refractivity contribution in [2.24, 2.45) is 5.92 Å². The average Bonchev–Trinajstić information content (AvgIpc) is 2.19. The Hall–Kier alpha value is -1.97. The minimum absolute atomic E-state index is 0.309. The summed E-state index contributed by atoms with van der Waals surface area (Å²) in [5, 5.41) is 15.5. The van der Waals surface area contributed by atoms with Crippen LogP contribution in [0.3, 0.4) is 0 Å². The lowest BCUT2D eigenvalue weighted by atomic mass is 9.99. The number of aliphatic carboxylic acids is 1. The van der Waals surface area contributed by atoms with Gasteiger partial charge in [-0.3, -0.25) is 9.59 Å². The van der Waals surface area contributed by atoms with Crippen LogP contribution in [0.1, 0.15) is 10.4 Å². The van der Waals surface area contributed by atoms with Crippen molar-refractivity contribution in [1.82, 2.24) is 0 Å². The molecule has 0 aliphatic heterocycles. The van der Waals surface area contributed by atoms with Crippen LogP contribution < -0.4 is 0 Å². The standard InChI is InChI=1S/C10H9NO3/c11-6-8(10(13)14)9(12)7-4-2-1-3-5-7/h1-6,8,11H,(H,13,14). The zero-order valence-corrected chi connectivity index (χ0v) is 7.31. The van der Waals surface area contributed by atoms with Crippen LogP contribution in [0, 0.1) is 11.3 Å². The van der Waals surface area contributed by atoms with Crippen molar-refractivity contribution in [3.63, 3.8) is 0 Å². The molecular weight excluding hydrogens is 182 g/mol. The van der Waals surface area contributed by atoms with Gasteiger partial charge >= 0.3 is 5.97 Å². The van der Waals surface area contributed by atoms with Crippen LogP contribution in [-0.2, 0) is 4.79 Å². The van der Waals surface area contributed by atoms with Gasteiger partial charge in [0.25, 0.3) is 0 Å². The monoisotopic (exact) mass is 191 g/mol. The average molecular weight is 191 g/mol. The first-order chi connectivity index (χ1) is 6.66. The molecule has 0 spiro atoms. The molecule has 2 N–H and O–H groups in total. The second kappa shape index (κ2) is 4.32. The van der Waals surface area contributed by atoms with E-state index in [4.69, 9.17) is 10.5 Å². The SMILES string of the molecule is N=CC(C(=O)O)C(=O)c1ccccc1. The zero-order valence-electron chi connectivity index (χ0n) is 7.31. The fraction of sp³-hybridized carbons (Fsp3) is 0.100. The molecule has 1 atom stereocenters. The minimum atomic E-state index is -1.38. The third-order valence-electron chi connectivity index (χ3n) is 1.77. The highest BCUT2D eigenvalue weighted by Crippen LogP contribution is 2.07. The number of carbonyl (C=O) groups excluding carboxylic acids is 1. The second-order valence-electron chi connectivity index (χ2n) is 2.71. The van der Waals surface area contributed by atoms with E-state index >= 15 is 0 Å². The van der Waals surface area contributed by atoms with Crippen molar-refractivity contribution in [1.29, 1.82) is 5.41 Å². The fourth-order valence-electron chi connectivity index (χ4n) is 1.04. The van der Waals surface area contributed by atoms with Crippen LogP contribution in [0.5, 0.6) is 0 Å². The van der Waals surface area contributed by atoms with Gasteiger partial charge in [0.2, 0.25) is 0 Å². The van der Waals surface area contributed by atoms with Crippen LogP contribution >= 0.6 is 0 Å². The number of carboxylic acid groups (broad SMARTS) is 1. The summed E-state index contributed by atoms with van der Waals surface area (Å²) in [5.41, 5.74) is 0.309. The Bertz CT molecular complexity index is 359. The molecule has 0 bridgehead atoms. The van der Waals surface area contributed by atoms with E-state index in [9.17, 15) is 9.59 Å². The highest BCUT2D eigenvalue weighted by atomic mass is 16.4. The summed E-state index contributed by atoms with van der Waals surface area (Å²) >= 11 is 0. The van der Waals surface area contributed by atoms with Crippen molar-refractivity contribution >= 4 is 18.0 Å². The number of hydrogen-bond donors (Lipinski definition) is 2. The van der Waals surface area contributed by atoms with Crippen molar-refractivity contribution in [3.05, 3.63) is 35.9 Å². The molecule has 0 aromatic heterocycles.